The number of hydrogen-bond acceptors (Lipinski definition) is 2. The standard InChI is InChI=1S/C19H31N3O2/c23-18(11-20-19(24)21-16-4-2-1-3-5-16)22-12-15-7-13-6-14(8-15)10-17(22)9-13/h13-17H,1-12H2,(H2,20,21,24). The van der Waals surface area contributed by atoms with Gasteiger partial charge in [-0.2, -0.15) is 0 Å². The molecule has 3 amide bonds. The van der Waals surface area contributed by atoms with Crippen LogP contribution in [0.25, 0.3) is 0 Å². The quantitative estimate of drug-likeness (QED) is 0.834. The zero-order valence-corrected chi connectivity index (χ0v) is 14.6. The number of urea groups is 1. The molecule has 5 rings (SSSR count). The Bertz CT molecular complexity index is 475. The van der Waals surface area contributed by atoms with Gasteiger partial charge in [-0.3, -0.25) is 4.79 Å². The summed E-state index contributed by atoms with van der Waals surface area (Å²) in [7, 11) is 0. The Balaban J connectivity index is 1.27. The van der Waals surface area contributed by atoms with Crippen molar-refractivity contribution in [3.05, 3.63) is 0 Å². The molecule has 2 aliphatic heterocycles. The lowest BCUT2D eigenvalue weighted by Crippen LogP contribution is -2.49. The zero-order valence-electron chi connectivity index (χ0n) is 14.6. The zero-order chi connectivity index (χ0) is 16.5. The SMILES string of the molecule is O=C(NCC(=O)N1CC2CC3CC(C2)CC1C3)NC1CCCCC1. The average molecular weight is 333 g/mol. The summed E-state index contributed by atoms with van der Waals surface area (Å²) in [5.41, 5.74) is 0. The van der Waals surface area contributed by atoms with E-state index in [0.717, 1.165) is 31.2 Å². The van der Waals surface area contributed by atoms with Gasteiger partial charge in [0.25, 0.3) is 0 Å². The van der Waals surface area contributed by atoms with Crippen molar-refractivity contribution in [3.8, 4) is 0 Å². The highest BCUT2D eigenvalue weighted by Gasteiger charge is 2.43. The summed E-state index contributed by atoms with van der Waals surface area (Å²) in [6, 6.07) is 0.547. The Morgan fingerprint density at radius 2 is 1.54 bits per heavy atom. The van der Waals surface area contributed by atoms with Gasteiger partial charge in [0.2, 0.25) is 5.91 Å². The molecule has 24 heavy (non-hydrogen) atoms. The summed E-state index contributed by atoms with van der Waals surface area (Å²) >= 11 is 0. The highest BCUT2D eigenvalue weighted by atomic mass is 16.2. The molecule has 0 spiro atoms. The van der Waals surface area contributed by atoms with E-state index >= 15 is 0 Å². The Labute approximate surface area is 144 Å². The molecule has 2 atom stereocenters. The van der Waals surface area contributed by atoms with Crippen LogP contribution < -0.4 is 10.6 Å². The van der Waals surface area contributed by atoms with Gasteiger partial charge in [0.15, 0.2) is 0 Å². The fourth-order valence-electron chi connectivity index (χ4n) is 5.83. The maximum absolute atomic E-state index is 12.7. The predicted octanol–water partition coefficient (Wildman–Crippen LogP) is 2.66. The Morgan fingerprint density at radius 1 is 0.875 bits per heavy atom. The monoisotopic (exact) mass is 333 g/mol. The van der Waals surface area contributed by atoms with E-state index in [1.54, 1.807) is 0 Å². The minimum atomic E-state index is -0.170. The molecular formula is C19H31N3O2. The third-order valence-corrected chi connectivity index (χ3v) is 6.77. The van der Waals surface area contributed by atoms with Crippen LogP contribution in [0.4, 0.5) is 4.79 Å². The van der Waals surface area contributed by atoms with Crippen LogP contribution in [0.2, 0.25) is 0 Å². The van der Waals surface area contributed by atoms with E-state index in [-0.39, 0.29) is 18.5 Å². The second-order valence-electron chi connectivity index (χ2n) is 8.64. The van der Waals surface area contributed by atoms with Gasteiger partial charge >= 0.3 is 6.03 Å². The Hall–Kier alpha value is -1.26. The molecule has 134 valence electrons. The molecule has 0 aromatic heterocycles. The lowest BCUT2D eigenvalue weighted by molar-refractivity contribution is -0.132. The number of nitrogens with zero attached hydrogens (tertiary/aromatic N) is 1. The van der Waals surface area contributed by atoms with Crippen molar-refractivity contribution in [3.63, 3.8) is 0 Å². The van der Waals surface area contributed by atoms with E-state index in [0.29, 0.717) is 18.0 Å². The Morgan fingerprint density at radius 3 is 2.25 bits per heavy atom. The fraction of sp³-hybridized carbons (Fsp3) is 0.895. The van der Waals surface area contributed by atoms with E-state index in [4.69, 9.17) is 0 Å². The first-order valence-corrected chi connectivity index (χ1v) is 10.0. The van der Waals surface area contributed by atoms with Crippen molar-refractivity contribution in [2.75, 3.05) is 13.1 Å². The molecule has 5 nitrogen and oxygen atoms in total. The number of carbonyl (C=O) groups is 2. The summed E-state index contributed by atoms with van der Waals surface area (Å²) in [5.74, 6) is 2.49. The molecule has 0 aromatic carbocycles. The molecule has 3 saturated carbocycles. The second kappa shape index (κ2) is 6.93. The summed E-state index contributed by atoms with van der Waals surface area (Å²) in [6.45, 7) is 1.07. The van der Waals surface area contributed by atoms with Gasteiger partial charge in [-0.1, -0.05) is 19.3 Å². The van der Waals surface area contributed by atoms with Crippen molar-refractivity contribution in [1.29, 1.82) is 0 Å². The highest BCUT2D eigenvalue weighted by molar-refractivity contribution is 5.84. The van der Waals surface area contributed by atoms with Gasteiger partial charge in [0.1, 0.15) is 0 Å². The van der Waals surface area contributed by atoms with Crippen molar-refractivity contribution in [1.82, 2.24) is 15.5 Å². The molecule has 5 heteroatoms. The second-order valence-corrected chi connectivity index (χ2v) is 8.64. The first kappa shape index (κ1) is 16.2. The first-order valence-electron chi connectivity index (χ1n) is 10.0. The molecule has 5 fully saturated rings. The van der Waals surface area contributed by atoms with Gasteiger partial charge in [-0.25, -0.2) is 4.79 Å². The number of rotatable bonds is 3. The largest absolute Gasteiger partial charge is 0.338 e. The van der Waals surface area contributed by atoms with Crippen molar-refractivity contribution >= 4 is 11.9 Å². The summed E-state index contributed by atoms with van der Waals surface area (Å²) in [4.78, 5) is 26.9. The maximum atomic E-state index is 12.7. The van der Waals surface area contributed by atoms with Gasteiger partial charge in [0.05, 0.1) is 6.54 Å². The minimum absolute atomic E-state index is 0.118. The predicted molar refractivity (Wildman–Crippen MR) is 92.5 cm³/mol. The van der Waals surface area contributed by atoms with E-state index in [1.165, 1.54) is 51.4 Å². The minimum Gasteiger partial charge on any atom is -0.338 e. The van der Waals surface area contributed by atoms with Crippen molar-refractivity contribution < 1.29 is 9.59 Å². The van der Waals surface area contributed by atoms with Crippen LogP contribution in [0.1, 0.15) is 64.2 Å². The lowest BCUT2D eigenvalue weighted by atomic mass is 9.68. The molecular weight excluding hydrogens is 302 g/mol. The van der Waals surface area contributed by atoms with Crippen molar-refractivity contribution in [2.45, 2.75) is 76.3 Å². The van der Waals surface area contributed by atoms with E-state index in [9.17, 15) is 9.59 Å². The van der Waals surface area contributed by atoms with Crippen LogP contribution >= 0.6 is 0 Å². The number of carbonyl (C=O) groups excluding carboxylic acids is 2. The fourth-order valence-corrected chi connectivity index (χ4v) is 5.83. The first-order chi connectivity index (χ1) is 11.7. The maximum Gasteiger partial charge on any atom is 0.315 e. The Kier molecular flexibility index (Phi) is 4.68. The molecule has 2 heterocycles. The van der Waals surface area contributed by atoms with Crippen LogP contribution in [-0.2, 0) is 4.79 Å². The summed E-state index contributed by atoms with van der Waals surface area (Å²) in [5, 5.41) is 5.84. The number of fused-ring (bicyclic) bond motifs is 1. The lowest BCUT2D eigenvalue weighted by Gasteiger charge is -2.39. The van der Waals surface area contributed by atoms with Gasteiger partial charge < -0.3 is 15.5 Å². The smallest absolute Gasteiger partial charge is 0.315 e. The molecule has 3 aliphatic carbocycles. The molecule has 0 radical (unpaired) electrons. The average Bonchev–Trinajstić information content (AvgIpc) is 2.77. The van der Waals surface area contributed by atoms with Crippen LogP contribution in [-0.4, -0.2) is 42.0 Å². The van der Waals surface area contributed by atoms with Gasteiger partial charge in [-0.05, 0) is 62.7 Å². The van der Waals surface area contributed by atoms with Crippen LogP contribution in [0.5, 0.6) is 0 Å². The third-order valence-electron chi connectivity index (χ3n) is 6.77. The molecule has 2 saturated heterocycles. The van der Waals surface area contributed by atoms with E-state index < -0.39 is 0 Å². The van der Waals surface area contributed by atoms with E-state index in [2.05, 4.69) is 15.5 Å². The van der Waals surface area contributed by atoms with Gasteiger partial charge in [0, 0.05) is 18.6 Å². The number of nitrogens with one attached hydrogen (secondary N) is 2. The molecule has 2 N–H and O–H groups in total. The van der Waals surface area contributed by atoms with E-state index in [1.807, 2.05) is 0 Å². The number of hydrogen-bond donors (Lipinski definition) is 2. The van der Waals surface area contributed by atoms with Gasteiger partial charge in [-0.15, -0.1) is 0 Å². The van der Waals surface area contributed by atoms with Crippen molar-refractivity contribution in [2.24, 2.45) is 17.8 Å². The van der Waals surface area contributed by atoms with Crippen LogP contribution in [0.3, 0.4) is 0 Å². The van der Waals surface area contributed by atoms with Crippen LogP contribution in [0, 0.1) is 17.8 Å². The molecule has 5 aliphatic rings. The highest BCUT2D eigenvalue weighted by Crippen LogP contribution is 2.47. The summed E-state index contributed by atoms with van der Waals surface area (Å²) < 4.78 is 0. The molecule has 0 aromatic rings. The molecule has 4 bridgehead atoms. The topological polar surface area (TPSA) is 61.4 Å². The number of amides is 3. The van der Waals surface area contributed by atoms with Crippen LogP contribution in [0.15, 0.2) is 0 Å². The third kappa shape index (κ3) is 3.55. The normalized spacial score (nSPS) is 35.6. The molecule has 2 unspecified atom stereocenters. The summed E-state index contributed by atoms with van der Waals surface area (Å²) in [6.07, 6.45) is 12.2.